The minimum Gasteiger partial charge on any atom is -0.339 e. The van der Waals surface area contributed by atoms with Gasteiger partial charge in [-0.2, -0.15) is 4.98 Å². The molecule has 21 heavy (non-hydrogen) atoms. The average molecular weight is 350 g/mol. The number of benzene rings is 1. The molecule has 1 atom stereocenters. The molecule has 2 aromatic rings. The molecule has 1 fully saturated rings. The van der Waals surface area contributed by atoms with Crippen LogP contribution in [0.15, 0.2) is 33.3 Å². The van der Waals surface area contributed by atoms with E-state index in [2.05, 4.69) is 38.2 Å². The summed E-state index contributed by atoms with van der Waals surface area (Å²) < 4.78 is 6.41. The maximum atomic E-state index is 6.26. The van der Waals surface area contributed by atoms with Gasteiger partial charge in [0.2, 0.25) is 5.89 Å². The smallest absolute Gasteiger partial charge is 0.228 e. The van der Waals surface area contributed by atoms with E-state index in [9.17, 15) is 0 Å². The quantitative estimate of drug-likeness (QED) is 0.897. The molecule has 1 unspecified atom stereocenters. The number of aromatic nitrogens is 2. The molecule has 0 aliphatic heterocycles. The van der Waals surface area contributed by atoms with Crippen molar-refractivity contribution in [3.63, 3.8) is 0 Å². The second-order valence-corrected chi connectivity index (χ2v) is 6.74. The fraction of sp³-hybridized carbons (Fsp3) is 0.500. The van der Waals surface area contributed by atoms with E-state index >= 15 is 0 Å². The molecule has 3 rings (SSSR count). The van der Waals surface area contributed by atoms with Crippen molar-refractivity contribution >= 4 is 15.9 Å². The fourth-order valence-electron chi connectivity index (χ4n) is 3.03. The largest absolute Gasteiger partial charge is 0.339 e. The molecule has 1 aromatic carbocycles. The van der Waals surface area contributed by atoms with Gasteiger partial charge in [0.05, 0.1) is 0 Å². The second kappa shape index (κ2) is 6.71. The Bertz CT molecular complexity index is 593. The third kappa shape index (κ3) is 3.92. The normalized spacial score (nSPS) is 17.2. The maximum absolute atomic E-state index is 6.26. The van der Waals surface area contributed by atoms with Gasteiger partial charge in [-0.05, 0) is 36.5 Å². The summed E-state index contributed by atoms with van der Waals surface area (Å²) in [6.45, 7) is 0. The molecule has 1 aromatic heterocycles. The van der Waals surface area contributed by atoms with Crippen LogP contribution in [-0.4, -0.2) is 16.2 Å². The molecule has 0 amide bonds. The zero-order chi connectivity index (χ0) is 14.7. The average Bonchev–Trinajstić information content (AvgIpc) is 3.10. The van der Waals surface area contributed by atoms with Gasteiger partial charge in [-0.15, -0.1) is 0 Å². The number of hydrogen-bond donors (Lipinski definition) is 1. The monoisotopic (exact) mass is 349 g/mol. The zero-order valence-corrected chi connectivity index (χ0v) is 13.6. The number of nitrogens with two attached hydrogens (primary N) is 1. The van der Waals surface area contributed by atoms with Crippen LogP contribution in [0.5, 0.6) is 0 Å². The van der Waals surface area contributed by atoms with E-state index in [1.54, 1.807) is 0 Å². The van der Waals surface area contributed by atoms with Gasteiger partial charge in [-0.1, -0.05) is 46.1 Å². The molecule has 0 bridgehead atoms. The molecular formula is C16H20BrN3O. The van der Waals surface area contributed by atoms with Crippen molar-refractivity contribution in [1.82, 2.24) is 10.1 Å². The molecule has 0 spiro atoms. The van der Waals surface area contributed by atoms with Crippen LogP contribution in [0.1, 0.15) is 43.0 Å². The minimum absolute atomic E-state index is 0.145. The number of hydrogen-bond acceptors (Lipinski definition) is 4. The summed E-state index contributed by atoms with van der Waals surface area (Å²) in [6.07, 6.45) is 6.45. The highest BCUT2D eigenvalue weighted by atomic mass is 79.9. The van der Waals surface area contributed by atoms with Crippen LogP contribution in [0.2, 0.25) is 0 Å². The van der Waals surface area contributed by atoms with Gasteiger partial charge >= 0.3 is 0 Å². The lowest BCUT2D eigenvalue weighted by Gasteiger charge is -2.16. The van der Waals surface area contributed by atoms with E-state index in [0.717, 1.165) is 15.9 Å². The first kappa shape index (κ1) is 14.7. The van der Waals surface area contributed by atoms with E-state index in [4.69, 9.17) is 10.3 Å². The lowest BCUT2D eigenvalue weighted by Crippen LogP contribution is -2.30. The minimum atomic E-state index is 0.145. The van der Waals surface area contributed by atoms with Crippen LogP contribution in [-0.2, 0) is 12.8 Å². The summed E-state index contributed by atoms with van der Waals surface area (Å²) in [5, 5.41) is 4.06. The number of rotatable bonds is 5. The molecular weight excluding hydrogens is 330 g/mol. The molecule has 1 aliphatic carbocycles. The third-order valence-electron chi connectivity index (χ3n) is 4.18. The third-order valence-corrected chi connectivity index (χ3v) is 4.67. The Morgan fingerprint density at radius 1 is 1.33 bits per heavy atom. The molecule has 2 N–H and O–H groups in total. The first-order valence-electron chi connectivity index (χ1n) is 7.52. The Morgan fingerprint density at radius 2 is 2.14 bits per heavy atom. The summed E-state index contributed by atoms with van der Waals surface area (Å²) in [4.78, 5) is 4.47. The Kier molecular flexibility index (Phi) is 4.70. The van der Waals surface area contributed by atoms with Gasteiger partial charge in [0.15, 0.2) is 5.82 Å². The molecule has 1 aliphatic rings. The van der Waals surface area contributed by atoms with Gasteiger partial charge in [0.25, 0.3) is 0 Å². The van der Waals surface area contributed by atoms with Crippen LogP contribution in [0, 0.1) is 5.92 Å². The Hall–Kier alpha value is -1.20. The lowest BCUT2D eigenvalue weighted by molar-refractivity contribution is 0.339. The van der Waals surface area contributed by atoms with Crippen LogP contribution in [0.3, 0.4) is 0 Å². The summed E-state index contributed by atoms with van der Waals surface area (Å²) in [7, 11) is 0. The SMILES string of the molecule is NC(Cc1nc(Cc2cccc(Br)c2)no1)C1CCCC1. The van der Waals surface area contributed by atoms with Crippen molar-refractivity contribution < 1.29 is 4.52 Å². The lowest BCUT2D eigenvalue weighted by atomic mass is 9.96. The molecule has 5 heteroatoms. The second-order valence-electron chi connectivity index (χ2n) is 5.82. The summed E-state index contributed by atoms with van der Waals surface area (Å²) >= 11 is 3.47. The van der Waals surface area contributed by atoms with E-state index in [1.807, 2.05) is 12.1 Å². The van der Waals surface area contributed by atoms with Gasteiger partial charge in [0.1, 0.15) is 0 Å². The molecule has 1 saturated carbocycles. The van der Waals surface area contributed by atoms with Gasteiger partial charge in [0, 0.05) is 23.4 Å². The van der Waals surface area contributed by atoms with Crippen LogP contribution in [0.25, 0.3) is 0 Å². The first-order chi connectivity index (χ1) is 10.2. The Balaban J connectivity index is 1.60. The van der Waals surface area contributed by atoms with Gasteiger partial charge < -0.3 is 10.3 Å². The van der Waals surface area contributed by atoms with Crippen molar-refractivity contribution in [3.05, 3.63) is 46.0 Å². The van der Waals surface area contributed by atoms with Crippen LogP contribution >= 0.6 is 15.9 Å². The molecule has 0 radical (unpaired) electrons. The number of halogens is 1. The highest BCUT2D eigenvalue weighted by Gasteiger charge is 2.24. The van der Waals surface area contributed by atoms with E-state index < -0.39 is 0 Å². The molecule has 4 nitrogen and oxygen atoms in total. The van der Waals surface area contributed by atoms with Crippen LogP contribution < -0.4 is 5.73 Å². The standard InChI is InChI=1S/C16H20BrN3O/c17-13-7-3-4-11(8-13)9-15-19-16(21-20-15)10-14(18)12-5-1-2-6-12/h3-4,7-8,12,14H,1-2,5-6,9-10,18H2. The van der Waals surface area contributed by atoms with Crippen molar-refractivity contribution in [2.24, 2.45) is 11.7 Å². The predicted molar refractivity (Wildman–Crippen MR) is 84.9 cm³/mol. The number of nitrogens with zero attached hydrogens (tertiary/aromatic N) is 2. The summed E-state index contributed by atoms with van der Waals surface area (Å²) in [6, 6.07) is 8.29. The zero-order valence-electron chi connectivity index (χ0n) is 12.0. The van der Waals surface area contributed by atoms with Crippen LogP contribution in [0.4, 0.5) is 0 Å². The molecule has 0 saturated heterocycles. The van der Waals surface area contributed by atoms with Crippen molar-refractivity contribution in [1.29, 1.82) is 0 Å². The van der Waals surface area contributed by atoms with E-state index in [1.165, 1.54) is 25.7 Å². The summed E-state index contributed by atoms with van der Waals surface area (Å²) in [5.74, 6) is 2.01. The van der Waals surface area contributed by atoms with E-state index in [-0.39, 0.29) is 6.04 Å². The van der Waals surface area contributed by atoms with Crippen molar-refractivity contribution in [2.75, 3.05) is 0 Å². The van der Waals surface area contributed by atoms with Gasteiger partial charge in [-0.3, -0.25) is 0 Å². The highest BCUT2D eigenvalue weighted by Crippen LogP contribution is 2.28. The molecule has 1 heterocycles. The summed E-state index contributed by atoms with van der Waals surface area (Å²) in [5.41, 5.74) is 7.42. The Labute approximate surface area is 133 Å². The van der Waals surface area contributed by atoms with E-state index in [0.29, 0.717) is 24.7 Å². The van der Waals surface area contributed by atoms with Gasteiger partial charge in [-0.25, -0.2) is 0 Å². The van der Waals surface area contributed by atoms with Crippen molar-refractivity contribution in [3.8, 4) is 0 Å². The predicted octanol–water partition coefficient (Wildman–Crippen LogP) is 3.48. The first-order valence-corrected chi connectivity index (χ1v) is 8.31. The highest BCUT2D eigenvalue weighted by molar-refractivity contribution is 9.10. The Morgan fingerprint density at radius 3 is 2.90 bits per heavy atom. The molecule has 112 valence electrons. The van der Waals surface area contributed by atoms with Crippen molar-refractivity contribution in [2.45, 2.75) is 44.6 Å². The maximum Gasteiger partial charge on any atom is 0.228 e. The fourth-order valence-corrected chi connectivity index (χ4v) is 3.47. The topological polar surface area (TPSA) is 64.9 Å².